The van der Waals surface area contributed by atoms with E-state index in [2.05, 4.69) is 55.8 Å². The number of anilines is 1. The second-order valence-electron chi connectivity index (χ2n) is 4.90. The number of nitrogens with zero attached hydrogens (tertiary/aromatic N) is 6. The molecule has 0 aliphatic rings. The normalized spacial score (nSPS) is 11.2. The summed E-state index contributed by atoms with van der Waals surface area (Å²) in [7, 11) is 5.83. The Morgan fingerprint density at radius 3 is 2.45 bits per heavy atom. The molecule has 0 unspecified atom stereocenters. The van der Waals surface area contributed by atoms with Gasteiger partial charge in [0.1, 0.15) is 6.34 Å². The van der Waals surface area contributed by atoms with Crippen LogP contribution in [0.2, 0.25) is 0 Å². The Hall–Kier alpha value is -2.89. The van der Waals surface area contributed by atoms with Gasteiger partial charge < -0.3 is 9.47 Å². The summed E-state index contributed by atoms with van der Waals surface area (Å²) < 4.78 is 2.07. The van der Waals surface area contributed by atoms with Crippen LogP contribution in [-0.2, 0) is 0 Å². The molecule has 0 saturated heterocycles. The Kier molecular flexibility index (Phi) is 5.08. The van der Waals surface area contributed by atoms with Gasteiger partial charge in [-0.15, -0.1) is 5.10 Å². The lowest BCUT2D eigenvalue weighted by Gasteiger charge is -2.13. The van der Waals surface area contributed by atoms with Gasteiger partial charge in [-0.2, -0.15) is 10.2 Å². The molecule has 0 bridgehead atoms. The molecule has 2 rings (SSSR count). The summed E-state index contributed by atoms with van der Waals surface area (Å²) in [6.07, 6.45) is 5.27. The van der Waals surface area contributed by atoms with E-state index in [0.29, 0.717) is 0 Å². The van der Waals surface area contributed by atoms with Crippen molar-refractivity contribution in [3.63, 3.8) is 0 Å². The number of rotatable bonds is 6. The summed E-state index contributed by atoms with van der Waals surface area (Å²) in [5.74, 6) is 0. The molecule has 2 aromatic rings. The maximum absolute atomic E-state index is 4.28. The second kappa shape index (κ2) is 7.21. The van der Waals surface area contributed by atoms with Crippen LogP contribution in [0, 0.1) is 0 Å². The fourth-order valence-electron chi connectivity index (χ4n) is 1.94. The van der Waals surface area contributed by atoms with Crippen molar-refractivity contribution >= 4 is 25.0 Å². The second-order valence-corrected chi connectivity index (χ2v) is 4.90. The molecule has 6 heteroatoms. The van der Waals surface area contributed by atoms with Crippen molar-refractivity contribution in [2.24, 2.45) is 15.3 Å². The van der Waals surface area contributed by atoms with Crippen molar-refractivity contribution in [1.29, 1.82) is 0 Å². The number of hydrogen-bond donors (Lipinski definition) is 0. The molecule has 6 nitrogen and oxygen atoms in total. The van der Waals surface area contributed by atoms with Crippen LogP contribution in [0.25, 0.3) is 5.69 Å². The summed E-state index contributed by atoms with van der Waals surface area (Å²) in [6, 6.07) is 12.3. The van der Waals surface area contributed by atoms with Crippen molar-refractivity contribution in [3.8, 4) is 5.69 Å². The molecular formula is C16H20N6. The molecule has 1 aromatic carbocycles. The van der Waals surface area contributed by atoms with Gasteiger partial charge >= 0.3 is 0 Å². The van der Waals surface area contributed by atoms with E-state index in [1.165, 1.54) is 12.0 Å². The Balaban J connectivity index is 2.20. The van der Waals surface area contributed by atoms with Crippen molar-refractivity contribution in [2.75, 3.05) is 26.0 Å². The molecule has 0 saturated carbocycles. The van der Waals surface area contributed by atoms with Crippen molar-refractivity contribution < 1.29 is 0 Å². The molecule has 0 fully saturated rings. The standard InChI is InChI=1S/C16H20N6/c1-17-18-13-21(4)19-12-16-6-5-11-22(16)15-9-7-14(8-10-15)20(2)3/h5-13H,1H2,2-4H3. The lowest BCUT2D eigenvalue weighted by atomic mass is 10.2. The van der Waals surface area contributed by atoms with Crippen molar-refractivity contribution in [2.45, 2.75) is 0 Å². The van der Waals surface area contributed by atoms with Crippen LogP contribution in [0.5, 0.6) is 0 Å². The van der Waals surface area contributed by atoms with E-state index >= 15 is 0 Å². The van der Waals surface area contributed by atoms with E-state index in [4.69, 9.17) is 0 Å². The predicted octanol–water partition coefficient (Wildman–Crippen LogP) is 2.45. The molecule has 1 aromatic heterocycles. The van der Waals surface area contributed by atoms with Crippen LogP contribution in [-0.4, -0.2) is 50.0 Å². The predicted molar refractivity (Wildman–Crippen MR) is 93.5 cm³/mol. The quantitative estimate of drug-likeness (QED) is 0.467. The van der Waals surface area contributed by atoms with E-state index in [-0.39, 0.29) is 0 Å². The molecule has 0 aliphatic heterocycles. The van der Waals surface area contributed by atoms with E-state index < -0.39 is 0 Å². The van der Waals surface area contributed by atoms with Gasteiger partial charge in [0, 0.05) is 45.4 Å². The molecule has 0 spiro atoms. The highest BCUT2D eigenvalue weighted by Crippen LogP contribution is 2.17. The maximum Gasteiger partial charge on any atom is 0.134 e. The monoisotopic (exact) mass is 296 g/mol. The number of hydrazone groups is 1. The lowest BCUT2D eigenvalue weighted by molar-refractivity contribution is 0.562. The van der Waals surface area contributed by atoms with Crippen LogP contribution < -0.4 is 4.90 Å². The lowest BCUT2D eigenvalue weighted by Crippen LogP contribution is -2.09. The Morgan fingerprint density at radius 1 is 1.09 bits per heavy atom. The first-order valence-electron chi connectivity index (χ1n) is 6.83. The zero-order valence-corrected chi connectivity index (χ0v) is 13.1. The zero-order chi connectivity index (χ0) is 15.9. The molecule has 1 heterocycles. The largest absolute Gasteiger partial charge is 0.378 e. The zero-order valence-electron chi connectivity index (χ0n) is 13.1. The van der Waals surface area contributed by atoms with Gasteiger partial charge in [-0.1, -0.05) is 0 Å². The van der Waals surface area contributed by atoms with Crippen LogP contribution in [0.15, 0.2) is 57.9 Å². The minimum Gasteiger partial charge on any atom is -0.378 e. The first-order valence-corrected chi connectivity index (χ1v) is 6.83. The average Bonchev–Trinajstić information content (AvgIpc) is 2.99. The molecule has 22 heavy (non-hydrogen) atoms. The Labute approximate surface area is 130 Å². The van der Waals surface area contributed by atoms with E-state index in [1.54, 1.807) is 18.3 Å². The van der Waals surface area contributed by atoms with Crippen LogP contribution in [0.4, 0.5) is 5.69 Å². The topological polar surface area (TPSA) is 48.5 Å². The minimum atomic E-state index is 0.976. The van der Waals surface area contributed by atoms with Crippen molar-refractivity contribution in [1.82, 2.24) is 9.58 Å². The third-order valence-corrected chi connectivity index (χ3v) is 3.10. The average molecular weight is 296 g/mol. The third kappa shape index (κ3) is 3.82. The molecule has 0 amide bonds. The summed E-state index contributed by atoms with van der Waals surface area (Å²) in [6.45, 7) is 3.28. The van der Waals surface area contributed by atoms with Crippen LogP contribution >= 0.6 is 0 Å². The number of benzene rings is 1. The smallest absolute Gasteiger partial charge is 0.134 e. The SMILES string of the molecule is C=NN=CN(C)N=Cc1cccn1-c1ccc(N(C)C)cc1. The Bertz CT molecular complexity index is 666. The summed E-state index contributed by atoms with van der Waals surface area (Å²) in [5.41, 5.74) is 3.23. The van der Waals surface area contributed by atoms with Gasteiger partial charge in [0.05, 0.1) is 11.9 Å². The van der Waals surface area contributed by atoms with E-state index in [0.717, 1.165) is 11.4 Å². The molecule has 0 aliphatic carbocycles. The Morgan fingerprint density at radius 2 is 1.82 bits per heavy atom. The highest BCUT2D eigenvalue weighted by atomic mass is 15.5. The molecule has 0 N–H and O–H groups in total. The number of aromatic nitrogens is 1. The summed E-state index contributed by atoms with van der Waals surface area (Å²) in [4.78, 5) is 2.07. The summed E-state index contributed by atoms with van der Waals surface area (Å²) >= 11 is 0. The van der Waals surface area contributed by atoms with Gasteiger partial charge in [-0.25, -0.2) is 0 Å². The number of hydrogen-bond acceptors (Lipinski definition) is 4. The van der Waals surface area contributed by atoms with E-state index in [9.17, 15) is 0 Å². The van der Waals surface area contributed by atoms with Crippen LogP contribution in [0.3, 0.4) is 0 Å². The highest BCUT2D eigenvalue weighted by Gasteiger charge is 2.02. The fourth-order valence-corrected chi connectivity index (χ4v) is 1.94. The van der Waals surface area contributed by atoms with Gasteiger partial charge in [0.15, 0.2) is 0 Å². The minimum absolute atomic E-state index is 0.976. The molecule has 0 atom stereocenters. The summed E-state index contributed by atoms with van der Waals surface area (Å²) in [5, 5.41) is 12.9. The first-order chi connectivity index (χ1) is 10.6. The molecular weight excluding hydrogens is 276 g/mol. The molecule has 0 radical (unpaired) electrons. The maximum atomic E-state index is 4.28. The van der Waals surface area contributed by atoms with Crippen LogP contribution in [0.1, 0.15) is 5.69 Å². The van der Waals surface area contributed by atoms with Gasteiger partial charge in [-0.3, -0.25) is 5.01 Å². The fraction of sp³-hybridized carbons (Fsp3) is 0.188. The van der Waals surface area contributed by atoms with Gasteiger partial charge in [0.2, 0.25) is 0 Å². The van der Waals surface area contributed by atoms with Gasteiger partial charge in [0.25, 0.3) is 0 Å². The highest BCUT2D eigenvalue weighted by molar-refractivity contribution is 5.79. The van der Waals surface area contributed by atoms with Crippen molar-refractivity contribution in [3.05, 3.63) is 48.3 Å². The molecule has 114 valence electrons. The van der Waals surface area contributed by atoms with E-state index in [1.807, 2.05) is 32.4 Å². The first kappa shape index (κ1) is 15.5. The van der Waals surface area contributed by atoms with Gasteiger partial charge in [-0.05, 0) is 36.4 Å². The third-order valence-electron chi connectivity index (χ3n) is 3.10.